The van der Waals surface area contributed by atoms with Crippen molar-refractivity contribution in [2.45, 2.75) is 19.4 Å². The molecule has 1 saturated heterocycles. The molecule has 0 atom stereocenters. The molecule has 0 bridgehead atoms. The van der Waals surface area contributed by atoms with Gasteiger partial charge in [0.1, 0.15) is 0 Å². The van der Waals surface area contributed by atoms with E-state index in [-0.39, 0.29) is 0 Å². The lowest BCUT2D eigenvalue weighted by molar-refractivity contribution is -0.131. The molecule has 1 aliphatic rings. The molecule has 3 nitrogen and oxygen atoms in total. The SMILES string of the molecule is O=C(O)C=Cc1ccccc1CN1CCCC1. The van der Waals surface area contributed by atoms with Crippen LogP contribution in [-0.2, 0) is 11.3 Å². The van der Waals surface area contributed by atoms with Crippen LogP contribution in [0.4, 0.5) is 0 Å². The van der Waals surface area contributed by atoms with E-state index in [0.717, 1.165) is 25.2 Å². The zero-order valence-corrected chi connectivity index (χ0v) is 9.80. The van der Waals surface area contributed by atoms with Crippen molar-refractivity contribution < 1.29 is 9.90 Å². The van der Waals surface area contributed by atoms with Crippen LogP contribution < -0.4 is 0 Å². The Balaban J connectivity index is 2.12. The molecule has 1 N–H and O–H groups in total. The molecular weight excluding hydrogens is 214 g/mol. The Hall–Kier alpha value is -1.61. The summed E-state index contributed by atoms with van der Waals surface area (Å²) in [5.74, 6) is -0.902. The van der Waals surface area contributed by atoms with Gasteiger partial charge in [-0.05, 0) is 43.1 Å². The van der Waals surface area contributed by atoms with E-state index in [9.17, 15) is 4.79 Å². The summed E-state index contributed by atoms with van der Waals surface area (Å²) in [5.41, 5.74) is 2.20. The number of likely N-dealkylation sites (tertiary alicyclic amines) is 1. The highest BCUT2D eigenvalue weighted by molar-refractivity contribution is 5.85. The van der Waals surface area contributed by atoms with Gasteiger partial charge in [0.05, 0.1) is 0 Å². The summed E-state index contributed by atoms with van der Waals surface area (Å²) in [6.45, 7) is 3.22. The van der Waals surface area contributed by atoms with E-state index in [1.807, 2.05) is 18.2 Å². The van der Waals surface area contributed by atoms with Crippen LogP contribution in [0.25, 0.3) is 6.08 Å². The molecule has 0 spiro atoms. The topological polar surface area (TPSA) is 40.5 Å². The normalized spacial score (nSPS) is 16.7. The minimum absolute atomic E-state index is 0.902. The summed E-state index contributed by atoms with van der Waals surface area (Å²) in [6.07, 6.45) is 5.41. The number of hydrogen-bond donors (Lipinski definition) is 1. The Kier molecular flexibility index (Phi) is 3.94. The van der Waals surface area contributed by atoms with Gasteiger partial charge in [-0.2, -0.15) is 0 Å². The van der Waals surface area contributed by atoms with Gasteiger partial charge in [-0.15, -0.1) is 0 Å². The number of benzene rings is 1. The fourth-order valence-electron chi connectivity index (χ4n) is 2.18. The minimum Gasteiger partial charge on any atom is -0.478 e. The first-order valence-electron chi connectivity index (χ1n) is 5.97. The zero-order valence-electron chi connectivity index (χ0n) is 9.80. The highest BCUT2D eigenvalue weighted by Gasteiger charge is 2.12. The third kappa shape index (κ3) is 3.43. The van der Waals surface area contributed by atoms with E-state index < -0.39 is 5.97 Å². The first-order valence-corrected chi connectivity index (χ1v) is 5.97. The molecule has 0 aliphatic carbocycles. The summed E-state index contributed by atoms with van der Waals surface area (Å²) in [6, 6.07) is 7.98. The van der Waals surface area contributed by atoms with Crippen LogP contribution in [0.5, 0.6) is 0 Å². The van der Waals surface area contributed by atoms with Crippen molar-refractivity contribution in [3.05, 3.63) is 41.5 Å². The maximum atomic E-state index is 10.5. The summed E-state index contributed by atoms with van der Waals surface area (Å²) >= 11 is 0. The van der Waals surface area contributed by atoms with E-state index in [0.29, 0.717) is 0 Å². The predicted octanol–water partition coefficient (Wildman–Crippen LogP) is 2.38. The number of carboxylic acid groups (broad SMARTS) is 1. The average Bonchev–Trinajstić information content (AvgIpc) is 2.80. The van der Waals surface area contributed by atoms with Crippen molar-refractivity contribution in [3.63, 3.8) is 0 Å². The zero-order chi connectivity index (χ0) is 12.1. The van der Waals surface area contributed by atoms with Gasteiger partial charge in [-0.25, -0.2) is 4.79 Å². The number of carboxylic acids is 1. The molecule has 1 heterocycles. The van der Waals surface area contributed by atoms with Gasteiger partial charge in [0.2, 0.25) is 0 Å². The predicted molar refractivity (Wildman–Crippen MR) is 67.6 cm³/mol. The average molecular weight is 231 g/mol. The van der Waals surface area contributed by atoms with Crippen molar-refractivity contribution in [3.8, 4) is 0 Å². The fourth-order valence-corrected chi connectivity index (χ4v) is 2.18. The van der Waals surface area contributed by atoms with Gasteiger partial charge < -0.3 is 5.11 Å². The van der Waals surface area contributed by atoms with Crippen molar-refractivity contribution in [2.75, 3.05) is 13.1 Å². The molecular formula is C14H17NO2. The molecule has 90 valence electrons. The minimum atomic E-state index is -0.902. The Morgan fingerprint density at radius 3 is 2.71 bits per heavy atom. The largest absolute Gasteiger partial charge is 0.478 e. The fraction of sp³-hybridized carbons (Fsp3) is 0.357. The molecule has 0 radical (unpaired) electrons. The molecule has 0 amide bonds. The second-order valence-corrected chi connectivity index (χ2v) is 4.35. The Morgan fingerprint density at radius 1 is 1.29 bits per heavy atom. The van der Waals surface area contributed by atoms with Gasteiger partial charge in [-0.1, -0.05) is 24.3 Å². The van der Waals surface area contributed by atoms with E-state index in [2.05, 4.69) is 11.0 Å². The number of aliphatic carboxylic acids is 1. The quantitative estimate of drug-likeness (QED) is 0.809. The number of rotatable bonds is 4. The first kappa shape index (κ1) is 11.9. The lowest BCUT2D eigenvalue weighted by Gasteiger charge is -2.16. The Labute approximate surface area is 101 Å². The van der Waals surface area contributed by atoms with E-state index in [4.69, 9.17) is 5.11 Å². The molecule has 2 rings (SSSR count). The summed E-state index contributed by atoms with van der Waals surface area (Å²) in [7, 11) is 0. The van der Waals surface area contributed by atoms with Crippen LogP contribution >= 0.6 is 0 Å². The van der Waals surface area contributed by atoms with Crippen molar-refractivity contribution >= 4 is 12.0 Å². The highest BCUT2D eigenvalue weighted by Crippen LogP contribution is 2.17. The van der Waals surface area contributed by atoms with Crippen molar-refractivity contribution in [1.82, 2.24) is 4.90 Å². The molecule has 1 aliphatic heterocycles. The lowest BCUT2D eigenvalue weighted by Crippen LogP contribution is -2.18. The number of carbonyl (C=O) groups is 1. The van der Waals surface area contributed by atoms with Crippen molar-refractivity contribution in [2.24, 2.45) is 0 Å². The van der Waals surface area contributed by atoms with Crippen LogP contribution in [0.2, 0.25) is 0 Å². The monoisotopic (exact) mass is 231 g/mol. The molecule has 0 aromatic heterocycles. The first-order chi connectivity index (χ1) is 8.25. The second-order valence-electron chi connectivity index (χ2n) is 4.35. The van der Waals surface area contributed by atoms with Gasteiger partial charge in [0.25, 0.3) is 0 Å². The summed E-state index contributed by atoms with van der Waals surface area (Å²) in [5, 5.41) is 8.65. The Bertz CT molecular complexity index is 420. The van der Waals surface area contributed by atoms with Crippen LogP contribution in [0.3, 0.4) is 0 Å². The number of hydrogen-bond acceptors (Lipinski definition) is 2. The van der Waals surface area contributed by atoms with E-state index >= 15 is 0 Å². The maximum Gasteiger partial charge on any atom is 0.328 e. The lowest BCUT2D eigenvalue weighted by atomic mass is 10.1. The molecule has 17 heavy (non-hydrogen) atoms. The van der Waals surface area contributed by atoms with Gasteiger partial charge in [-0.3, -0.25) is 4.90 Å². The third-order valence-electron chi connectivity index (χ3n) is 3.05. The maximum absolute atomic E-state index is 10.5. The number of nitrogens with zero attached hydrogens (tertiary/aromatic N) is 1. The van der Waals surface area contributed by atoms with Crippen LogP contribution in [0.15, 0.2) is 30.3 Å². The highest BCUT2D eigenvalue weighted by atomic mass is 16.4. The second kappa shape index (κ2) is 5.64. The van der Waals surface area contributed by atoms with Gasteiger partial charge in [0, 0.05) is 12.6 Å². The summed E-state index contributed by atoms with van der Waals surface area (Å²) in [4.78, 5) is 12.9. The Morgan fingerprint density at radius 2 is 2.00 bits per heavy atom. The molecule has 1 aromatic rings. The van der Waals surface area contributed by atoms with E-state index in [1.54, 1.807) is 6.08 Å². The molecule has 0 saturated carbocycles. The molecule has 0 unspecified atom stereocenters. The molecule has 1 fully saturated rings. The van der Waals surface area contributed by atoms with Crippen molar-refractivity contribution in [1.29, 1.82) is 0 Å². The van der Waals surface area contributed by atoms with Gasteiger partial charge in [0.15, 0.2) is 0 Å². The van der Waals surface area contributed by atoms with Gasteiger partial charge >= 0.3 is 5.97 Å². The third-order valence-corrected chi connectivity index (χ3v) is 3.05. The molecule has 1 aromatic carbocycles. The van der Waals surface area contributed by atoms with E-state index in [1.165, 1.54) is 24.5 Å². The standard InChI is InChI=1S/C14H17NO2/c16-14(17)8-7-12-5-1-2-6-13(12)11-15-9-3-4-10-15/h1-2,5-8H,3-4,9-11H2,(H,16,17). The van der Waals surface area contributed by atoms with Crippen LogP contribution in [-0.4, -0.2) is 29.1 Å². The van der Waals surface area contributed by atoms with Crippen LogP contribution in [0.1, 0.15) is 24.0 Å². The smallest absolute Gasteiger partial charge is 0.328 e. The molecule has 3 heteroatoms. The van der Waals surface area contributed by atoms with Crippen LogP contribution in [0, 0.1) is 0 Å². The summed E-state index contributed by atoms with van der Waals surface area (Å²) < 4.78 is 0.